The van der Waals surface area contributed by atoms with Crippen LogP contribution in [0.3, 0.4) is 0 Å². The van der Waals surface area contributed by atoms with Crippen LogP contribution in [-0.4, -0.2) is 62.8 Å². The Morgan fingerprint density at radius 3 is 2.56 bits per heavy atom. The molecule has 150 valence electrons. The van der Waals surface area contributed by atoms with Gasteiger partial charge >= 0.3 is 0 Å². The minimum absolute atomic E-state index is 0.0276. The third kappa shape index (κ3) is 5.87. The molecule has 0 unspecified atom stereocenters. The summed E-state index contributed by atoms with van der Waals surface area (Å²) in [6.45, 7) is 5.63. The highest BCUT2D eigenvalue weighted by Crippen LogP contribution is 2.41. The summed E-state index contributed by atoms with van der Waals surface area (Å²) in [5.41, 5.74) is 1.02. The summed E-state index contributed by atoms with van der Waals surface area (Å²) in [4.78, 5) is 28.7. The lowest BCUT2D eigenvalue weighted by Gasteiger charge is -2.33. The summed E-state index contributed by atoms with van der Waals surface area (Å²) in [6.07, 6.45) is 0.652. The zero-order chi connectivity index (χ0) is 20.0. The second kappa shape index (κ2) is 9.99. The van der Waals surface area contributed by atoms with E-state index in [9.17, 15) is 9.59 Å². The molecule has 6 nitrogen and oxygen atoms in total. The van der Waals surface area contributed by atoms with E-state index >= 15 is 0 Å². The highest BCUT2D eigenvalue weighted by molar-refractivity contribution is 8.00. The van der Waals surface area contributed by atoms with E-state index in [1.807, 2.05) is 24.3 Å². The smallest absolute Gasteiger partial charge is 0.243 e. The van der Waals surface area contributed by atoms with E-state index in [1.165, 1.54) is 4.90 Å². The van der Waals surface area contributed by atoms with E-state index in [-0.39, 0.29) is 17.2 Å². The molecular formula is C20H32N3O3S+. The van der Waals surface area contributed by atoms with Crippen LogP contribution in [0.2, 0.25) is 0 Å². The Labute approximate surface area is 166 Å². The molecule has 1 aromatic rings. The molecule has 2 atom stereocenters. The maximum Gasteiger partial charge on any atom is 0.243 e. The highest BCUT2D eigenvalue weighted by atomic mass is 32.2. The van der Waals surface area contributed by atoms with E-state index in [0.29, 0.717) is 24.6 Å². The van der Waals surface area contributed by atoms with Gasteiger partial charge in [0.15, 0.2) is 0 Å². The molecule has 0 aliphatic carbocycles. The Balaban J connectivity index is 2.21. The van der Waals surface area contributed by atoms with Gasteiger partial charge in [-0.25, -0.2) is 0 Å². The Morgan fingerprint density at radius 2 is 2.00 bits per heavy atom. The van der Waals surface area contributed by atoms with Gasteiger partial charge in [0, 0.05) is 0 Å². The molecular weight excluding hydrogens is 362 g/mol. The number of thioether (sulfide) groups is 1. The van der Waals surface area contributed by atoms with Crippen molar-refractivity contribution in [1.82, 2.24) is 10.2 Å². The van der Waals surface area contributed by atoms with Crippen molar-refractivity contribution in [1.29, 1.82) is 0 Å². The lowest BCUT2D eigenvalue weighted by Crippen LogP contribution is -3.06. The quantitative estimate of drug-likeness (QED) is 0.655. The van der Waals surface area contributed by atoms with Gasteiger partial charge < -0.3 is 19.9 Å². The van der Waals surface area contributed by atoms with Crippen LogP contribution in [0, 0.1) is 5.92 Å². The number of quaternary nitrogens is 1. The zero-order valence-electron chi connectivity index (χ0n) is 17.0. The lowest BCUT2D eigenvalue weighted by molar-refractivity contribution is -0.856. The lowest BCUT2D eigenvalue weighted by atomic mass is 10.0. The fraction of sp³-hybridized carbons (Fsp3) is 0.600. The molecule has 1 saturated heterocycles. The molecule has 1 aromatic carbocycles. The van der Waals surface area contributed by atoms with Crippen molar-refractivity contribution in [2.45, 2.75) is 31.7 Å². The van der Waals surface area contributed by atoms with Crippen LogP contribution in [0.25, 0.3) is 0 Å². The first-order valence-corrected chi connectivity index (χ1v) is 10.5. The topological polar surface area (TPSA) is 63.1 Å². The molecule has 1 aliphatic rings. The summed E-state index contributed by atoms with van der Waals surface area (Å²) in [7, 11) is 5.74. The first-order valence-electron chi connectivity index (χ1n) is 9.47. The second-order valence-corrected chi connectivity index (χ2v) is 8.70. The SMILES string of the molecule is COc1ccc([C@@H]2SCC(=O)N2[C@@H](CC(C)C)C(=O)NCC[NH+](C)C)cc1. The van der Waals surface area contributed by atoms with Crippen LogP contribution < -0.4 is 15.0 Å². The summed E-state index contributed by atoms with van der Waals surface area (Å²) in [5, 5.41) is 2.88. The molecule has 0 radical (unpaired) electrons. The van der Waals surface area contributed by atoms with Crippen LogP contribution in [0.5, 0.6) is 5.75 Å². The van der Waals surface area contributed by atoms with Crippen molar-refractivity contribution >= 4 is 23.6 Å². The zero-order valence-corrected chi connectivity index (χ0v) is 17.8. The highest BCUT2D eigenvalue weighted by Gasteiger charge is 2.41. The number of benzene rings is 1. The number of hydrogen-bond donors (Lipinski definition) is 2. The monoisotopic (exact) mass is 394 g/mol. The Hall–Kier alpha value is -1.73. The molecule has 0 bridgehead atoms. The van der Waals surface area contributed by atoms with Crippen LogP contribution in [0.4, 0.5) is 0 Å². The molecule has 2 rings (SSSR count). The normalized spacial score (nSPS) is 18.3. The van der Waals surface area contributed by atoms with E-state index in [2.05, 4.69) is 33.3 Å². The first kappa shape index (κ1) is 21.6. The van der Waals surface area contributed by atoms with Crippen LogP contribution >= 0.6 is 11.8 Å². The van der Waals surface area contributed by atoms with Crippen LogP contribution in [0.1, 0.15) is 31.2 Å². The number of carbonyl (C=O) groups excluding carboxylic acids is 2. The van der Waals surface area contributed by atoms with Gasteiger partial charge in [0.1, 0.15) is 17.2 Å². The summed E-state index contributed by atoms with van der Waals surface area (Å²) in [6, 6.07) is 7.29. The third-order valence-electron chi connectivity index (χ3n) is 4.56. The number of nitrogens with one attached hydrogen (secondary N) is 2. The Kier molecular flexibility index (Phi) is 7.98. The van der Waals surface area contributed by atoms with E-state index in [1.54, 1.807) is 23.8 Å². The largest absolute Gasteiger partial charge is 0.497 e. The molecule has 2 N–H and O–H groups in total. The average Bonchev–Trinajstić information content (AvgIpc) is 3.00. The van der Waals surface area contributed by atoms with E-state index in [0.717, 1.165) is 17.9 Å². The minimum atomic E-state index is -0.447. The minimum Gasteiger partial charge on any atom is -0.497 e. The molecule has 27 heavy (non-hydrogen) atoms. The molecule has 1 heterocycles. The number of methoxy groups -OCH3 is 1. The number of nitrogens with zero attached hydrogens (tertiary/aromatic N) is 1. The third-order valence-corrected chi connectivity index (χ3v) is 5.79. The maximum absolute atomic E-state index is 12.9. The van der Waals surface area contributed by atoms with Crippen molar-refractivity contribution in [3.05, 3.63) is 29.8 Å². The molecule has 7 heteroatoms. The van der Waals surface area contributed by atoms with Gasteiger partial charge in [-0.15, -0.1) is 11.8 Å². The van der Waals surface area contributed by atoms with Crippen molar-refractivity contribution in [2.24, 2.45) is 5.92 Å². The van der Waals surface area contributed by atoms with Gasteiger partial charge in [0.2, 0.25) is 11.8 Å². The Morgan fingerprint density at radius 1 is 1.33 bits per heavy atom. The molecule has 0 aromatic heterocycles. The van der Waals surface area contributed by atoms with Gasteiger partial charge in [-0.3, -0.25) is 9.59 Å². The molecule has 1 fully saturated rings. The number of carbonyl (C=O) groups is 2. The van der Waals surface area contributed by atoms with Crippen molar-refractivity contribution in [2.75, 3.05) is 40.0 Å². The number of rotatable bonds is 9. The Bertz CT molecular complexity index is 634. The van der Waals surface area contributed by atoms with Crippen molar-refractivity contribution < 1.29 is 19.2 Å². The van der Waals surface area contributed by atoms with Crippen LogP contribution in [-0.2, 0) is 9.59 Å². The molecule has 0 saturated carbocycles. The van der Waals surface area contributed by atoms with E-state index in [4.69, 9.17) is 4.74 Å². The fourth-order valence-electron chi connectivity index (χ4n) is 3.15. The fourth-order valence-corrected chi connectivity index (χ4v) is 4.37. The van der Waals surface area contributed by atoms with Crippen LogP contribution in [0.15, 0.2) is 24.3 Å². The predicted octanol–water partition coefficient (Wildman–Crippen LogP) is 0.945. The van der Waals surface area contributed by atoms with E-state index < -0.39 is 6.04 Å². The first-order chi connectivity index (χ1) is 12.8. The predicted molar refractivity (Wildman–Crippen MR) is 109 cm³/mol. The number of amides is 2. The van der Waals surface area contributed by atoms with Gasteiger partial charge in [-0.05, 0) is 30.0 Å². The van der Waals surface area contributed by atoms with Gasteiger partial charge in [-0.2, -0.15) is 0 Å². The average molecular weight is 395 g/mol. The summed E-state index contributed by atoms with van der Waals surface area (Å²) >= 11 is 1.58. The van der Waals surface area contributed by atoms with Gasteiger partial charge in [0.25, 0.3) is 0 Å². The molecule has 2 amide bonds. The number of ether oxygens (including phenoxy) is 1. The molecule has 1 aliphatic heterocycles. The number of likely N-dealkylation sites (N-methyl/N-ethyl adjacent to an activating group) is 1. The molecule has 0 spiro atoms. The summed E-state index contributed by atoms with van der Waals surface area (Å²) in [5.74, 6) is 1.47. The number of hydrogen-bond acceptors (Lipinski definition) is 4. The van der Waals surface area contributed by atoms with Crippen molar-refractivity contribution in [3.63, 3.8) is 0 Å². The summed E-state index contributed by atoms with van der Waals surface area (Å²) < 4.78 is 5.23. The second-order valence-electron chi connectivity index (χ2n) is 7.63. The standard InChI is InChI=1S/C20H31N3O3S/c1-14(2)12-17(19(25)21-10-11-22(3)4)23-18(24)13-27-20(23)15-6-8-16(26-5)9-7-15/h6-9,14,17,20H,10-13H2,1-5H3,(H,21,25)/p+1/t17-,20-/m0/s1. The van der Waals surface area contributed by atoms with Gasteiger partial charge in [0.05, 0.1) is 40.0 Å². The maximum atomic E-state index is 12.9. The van der Waals surface area contributed by atoms with Gasteiger partial charge in [-0.1, -0.05) is 26.0 Å². The van der Waals surface area contributed by atoms with Crippen molar-refractivity contribution in [3.8, 4) is 5.75 Å².